The summed E-state index contributed by atoms with van der Waals surface area (Å²) >= 11 is 6.25. The molecule has 1 saturated heterocycles. The van der Waals surface area contributed by atoms with Gasteiger partial charge in [0.15, 0.2) is 0 Å². The highest BCUT2D eigenvalue weighted by molar-refractivity contribution is 8.26. The molecule has 9 heteroatoms. The minimum absolute atomic E-state index is 0.0176. The maximum absolute atomic E-state index is 12.2. The number of carbonyl (C=O) groups is 3. The quantitative estimate of drug-likeness (QED) is 0.553. The normalized spacial score (nSPS) is 16.8. The largest absolute Gasteiger partial charge is 0.481 e. The number of hydrogen-bond donors (Lipinski definition) is 2. The van der Waals surface area contributed by atoms with E-state index in [4.69, 9.17) is 22.1 Å². The van der Waals surface area contributed by atoms with Crippen LogP contribution >= 0.6 is 24.0 Å². The predicted molar refractivity (Wildman–Crippen MR) is 91.1 cm³/mol. The highest BCUT2D eigenvalue weighted by Gasteiger charge is 2.31. The number of hydrogen-bond acceptors (Lipinski definition) is 6. The number of ether oxygens (including phenoxy) is 1. The molecule has 7 nitrogen and oxygen atoms in total. The molecule has 0 aromatic carbocycles. The predicted octanol–water partition coefficient (Wildman–Crippen LogP) is 2.12. The number of nitrogens with one attached hydrogen (secondary N) is 1. The Kier molecular flexibility index (Phi) is 7.01. The average molecular weight is 360 g/mol. The van der Waals surface area contributed by atoms with Crippen LogP contribution in [0.3, 0.4) is 0 Å². The van der Waals surface area contributed by atoms with Crippen LogP contribution in [-0.2, 0) is 14.3 Å². The van der Waals surface area contributed by atoms with E-state index in [0.29, 0.717) is 15.6 Å². The van der Waals surface area contributed by atoms with Gasteiger partial charge in [-0.2, -0.15) is 0 Å². The zero-order valence-corrected chi connectivity index (χ0v) is 14.9. The Bertz CT molecular complexity index is 540. The van der Waals surface area contributed by atoms with Crippen molar-refractivity contribution in [2.75, 3.05) is 13.1 Å². The lowest BCUT2D eigenvalue weighted by molar-refractivity contribution is -0.137. The maximum Gasteiger partial charge on any atom is 0.407 e. The summed E-state index contributed by atoms with van der Waals surface area (Å²) in [5.41, 5.74) is -0.586. The van der Waals surface area contributed by atoms with Gasteiger partial charge in [-0.1, -0.05) is 24.0 Å². The van der Waals surface area contributed by atoms with Crippen molar-refractivity contribution in [2.45, 2.75) is 39.2 Å². The van der Waals surface area contributed by atoms with Crippen LogP contribution in [0.2, 0.25) is 0 Å². The second kappa shape index (κ2) is 8.30. The Balaban J connectivity index is 2.49. The minimum atomic E-state index is -0.910. The van der Waals surface area contributed by atoms with Crippen molar-refractivity contribution in [3.05, 3.63) is 11.0 Å². The van der Waals surface area contributed by atoms with Gasteiger partial charge in [0, 0.05) is 19.5 Å². The topological polar surface area (TPSA) is 95.9 Å². The van der Waals surface area contributed by atoms with Gasteiger partial charge in [-0.25, -0.2) is 4.79 Å². The molecule has 0 unspecified atom stereocenters. The molecule has 0 radical (unpaired) electrons. The molecule has 0 atom stereocenters. The van der Waals surface area contributed by atoms with Gasteiger partial charge < -0.3 is 15.2 Å². The number of rotatable bonds is 6. The molecular formula is C14H20N2O5S2. The van der Waals surface area contributed by atoms with Crippen molar-refractivity contribution >= 4 is 46.3 Å². The fourth-order valence-electron chi connectivity index (χ4n) is 1.66. The van der Waals surface area contributed by atoms with Crippen LogP contribution in [-0.4, -0.2) is 51.0 Å². The lowest BCUT2D eigenvalue weighted by atomic mass is 10.2. The molecule has 2 N–H and O–H groups in total. The van der Waals surface area contributed by atoms with E-state index in [2.05, 4.69) is 5.32 Å². The Labute approximate surface area is 144 Å². The van der Waals surface area contributed by atoms with E-state index in [-0.39, 0.29) is 25.4 Å². The molecule has 1 heterocycles. The second-order valence-electron chi connectivity index (χ2n) is 5.77. The molecule has 128 valence electrons. The summed E-state index contributed by atoms with van der Waals surface area (Å²) in [7, 11) is 0. The molecule has 0 spiro atoms. The summed E-state index contributed by atoms with van der Waals surface area (Å²) in [6.45, 7) is 5.70. The van der Waals surface area contributed by atoms with Gasteiger partial charge >= 0.3 is 12.1 Å². The van der Waals surface area contributed by atoms with Gasteiger partial charge in [-0.05, 0) is 33.3 Å². The van der Waals surface area contributed by atoms with Crippen LogP contribution in [0, 0.1) is 0 Å². The third-order valence-electron chi connectivity index (χ3n) is 2.58. The monoisotopic (exact) mass is 360 g/mol. The first-order valence-corrected chi connectivity index (χ1v) is 8.25. The van der Waals surface area contributed by atoms with Crippen molar-refractivity contribution in [1.82, 2.24) is 10.2 Å². The molecule has 2 amide bonds. The van der Waals surface area contributed by atoms with Crippen molar-refractivity contribution in [3.63, 3.8) is 0 Å². The van der Waals surface area contributed by atoms with Gasteiger partial charge in [0.1, 0.15) is 9.92 Å². The van der Waals surface area contributed by atoms with Crippen LogP contribution < -0.4 is 5.32 Å². The van der Waals surface area contributed by atoms with Crippen molar-refractivity contribution in [3.8, 4) is 0 Å². The smallest absolute Gasteiger partial charge is 0.407 e. The van der Waals surface area contributed by atoms with E-state index in [1.807, 2.05) is 0 Å². The second-order valence-corrected chi connectivity index (χ2v) is 7.45. The van der Waals surface area contributed by atoms with E-state index < -0.39 is 17.7 Å². The van der Waals surface area contributed by atoms with E-state index in [1.165, 1.54) is 4.90 Å². The van der Waals surface area contributed by atoms with Crippen LogP contribution in [0.15, 0.2) is 11.0 Å². The summed E-state index contributed by atoms with van der Waals surface area (Å²) in [6.07, 6.45) is 1.33. The average Bonchev–Trinajstić information content (AvgIpc) is 2.64. The molecular weight excluding hydrogens is 340 g/mol. The number of aliphatic carboxylic acids is 1. The van der Waals surface area contributed by atoms with Gasteiger partial charge in [-0.3, -0.25) is 14.5 Å². The number of carboxylic acids is 1. The van der Waals surface area contributed by atoms with E-state index in [1.54, 1.807) is 26.8 Å². The Morgan fingerprint density at radius 3 is 2.65 bits per heavy atom. The highest BCUT2D eigenvalue weighted by atomic mass is 32.2. The van der Waals surface area contributed by atoms with Crippen molar-refractivity contribution in [1.29, 1.82) is 0 Å². The van der Waals surface area contributed by atoms with Gasteiger partial charge in [-0.15, -0.1) is 0 Å². The molecule has 0 aliphatic carbocycles. The lowest BCUT2D eigenvalue weighted by Crippen LogP contribution is -2.33. The number of thiocarbonyl (C=S) groups is 1. The number of nitrogens with zero attached hydrogens (tertiary/aromatic N) is 1. The van der Waals surface area contributed by atoms with Gasteiger partial charge in [0.25, 0.3) is 5.91 Å². The molecule has 0 bridgehead atoms. The fourth-order valence-corrected chi connectivity index (χ4v) is 2.94. The van der Waals surface area contributed by atoms with Crippen LogP contribution in [0.5, 0.6) is 0 Å². The number of alkyl carbamates (subject to hydrolysis) is 1. The Morgan fingerprint density at radius 1 is 1.43 bits per heavy atom. The van der Waals surface area contributed by atoms with Crippen LogP contribution in [0.1, 0.15) is 33.6 Å². The first-order valence-electron chi connectivity index (χ1n) is 7.02. The van der Waals surface area contributed by atoms with E-state index in [9.17, 15) is 14.4 Å². The first kappa shape index (κ1) is 19.4. The number of amides is 2. The fraction of sp³-hybridized carbons (Fsp3) is 0.571. The summed E-state index contributed by atoms with van der Waals surface area (Å²) in [6, 6.07) is 0. The van der Waals surface area contributed by atoms with E-state index in [0.717, 1.165) is 11.8 Å². The first-order chi connectivity index (χ1) is 10.6. The lowest BCUT2D eigenvalue weighted by Gasteiger charge is -2.19. The summed E-state index contributed by atoms with van der Waals surface area (Å²) in [5, 5.41) is 11.1. The zero-order valence-electron chi connectivity index (χ0n) is 13.2. The summed E-state index contributed by atoms with van der Waals surface area (Å²) < 4.78 is 5.48. The maximum atomic E-state index is 12.2. The molecule has 0 aromatic heterocycles. The molecule has 0 saturated carbocycles. The standard InChI is InChI=1S/C14H20N2O5S2/c1-14(2,3)21-12(20)15-7-6-9-11(19)16(13(22)23-9)8-4-5-10(17)18/h6H,4-5,7-8H2,1-3H3,(H,15,20)(H,17,18)/b9-6-. The molecule has 23 heavy (non-hydrogen) atoms. The van der Waals surface area contributed by atoms with Crippen LogP contribution in [0.25, 0.3) is 0 Å². The Hall–Kier alpha value is -1.61. The summed E-state index contributed by atoms with van der Waals surface area (Å²) in [4.78, 5) is 36.0. The molecule has 1 fully saturated rings. The third-order valence-corrected chi connectivity index (χ3v) is 4.01. The molecule has 1 aliphatic rings. The van der Waals surface area contributed by atoms with Gasteiger partial charge in [0.2, 0.25) is 0 Å². The number of carbonyl (C=O) groups excluding carboxylic acids is 2. The molecule has 1 aliphatic heterocycles. The molecule has 0 aromatic rings. The summed E-state index contributed by atoms with van der Waals surface area (Å²) in [5.74, 6) is -1.18. The SMILES string of the molecule is CC(C)(C)OC(=O)NC/C=C1\SC(=S)N(CCCC(=O)O)C1=O. The van der Waals surface area contributed by atoms with Crippen molar-refractivity contribution in [2.24, 2.45) is 0 Å². The van der Waals surface area contributed by atoms with Crippen molar-refractivity contribution < 1.29 is 24.2 Å². The number of carboxylic acid groups (broad SMARTS) is 1. The van der Waals surface area contributed by atoms with E-state index >= 15 is 0 Å². The zero-order chi connectivity index (χ0) is 17.6. The minimum Gasteiger partial charge on any atom is -0.481 e. The number of thioether (sulfide) groups is 1. The Morgan fingerprint density at radius 2 is 2.09 bits per heavy atom. The van der Waals surface area contributed by atoms with Crippen LogP contribution in [0.4, 0.5) is 4.79 Å². The highest BCUT2D eigenvalue weighted by Crippen LogP contribution is 2.30. The molecule has 1 rings (SSSR count). The third kappa shape index (κ3) is 7.00. The van der Waals surface area contributed by atoms with Gasteiger partial charge in [0.05, 0.1) is 4.91 Å².